The highest BCUT2D eigenvalue weighted by atomic mass is 32.2. The van der Waals surface area contributed by atoms with E-state index in [2.05, 4.69) is 25.9 Å². The third-order valence-electron chi connectivity index (χ3n) is 2.92. The lowest BCUT2D eigenvalue weighted by Crippen LogP contribution is -2.30. The van der Waals surface area contributed by atoms with Crippen molar-refractivity contribution in [1.29, 1.82) is 0 Å². The molecule has 20 heavy (non-hydrogen) atoms. The monoisotopic (exact) mass is 291 g/mol. The van der Waals surface area contributed by atoms with Crippen molar-refractivity contribution < 1.29 is 4.79 Å². The molecule has 0 atom stereocenters. The zero-order chi connectivity index (χ0) is 13.9. The molecule has 104 valence electrons. The molecule has 1 aliphatic rings. The number of nitrogens with zero attached hydrogens (tertiary/aromatic N) is 5. The molecule has 9 heteroatoms. The number of aromatic nitrogens is 5. The Morgan fingerprint density at radius 1 is 1.50 bits per heavy atom. The predicted molar refractivity (Wildman–Crippen MR) is 71.5 cm³/mol. The standard InChI is InChI=1S/C11H13N7OS/c12-14-10(19)7-1-2-8(13-5-7)6-20-11-15-16-17-18(11)9-3-4-9/h1-2,5,9H,3-4,6,12H2,(H,14,19). The van der Waals surface area contributed by atoms with Gasteiger partial charge in [0.25, 0.3) is 5.91 Å². The molecule has 1 saturated carbocycles. The van der Waals surface area contributed by atoms with E-state index in [9.17, 15) is 4.79 Å². The van der Waals surface area contributed by atoms with Gasteiger partial charge in [-0.3, -0.25) is 15.2 Å². The van der Waals surface area contributed by atoms with E-state index in [0.29, 0.717) is 17.4 Å². The third kappa shape index (κ3) is 2.78. The fourth-order valence-corrected chi connectivity index (χ4v) is 2.55. The minimum absolute atomic E-state index is 0.352. The smallest absolute Gasteiger partial charge is 0.266 e. The number of hydrazine groups is 1. The minimum Gasteiger partial charge on any atom is -0.290 e. The third-order valence-corrected chi connectivity index (χ3v) is 3.89. The van der Waals surface area contributed by atoms with E-state index in [0.717, 1.165) is 23.7 Å². The maximum absolute atomic E-state index is 11.3. The quantitative estimate of drug-likeness (QED) is 0.352. The molecule has 0 bridgehead atoms. The average Bonchev–Trinajstić information content (AvgIpc) is 3.23. The fourth-order valence-electron chi connectivity index (χ4n) is 1.69. The molecule has 0 saturated heterocycles. The molecule has 2 heterocycles. The predicted octanol–water partition coefficient (Wildman–Crippen LogP) is 0.299. The van der Waals surface area contributed by atoms with E-state index in [4.69, 9.17) is 5.84 Å². The van der Waals surface area contributed by atoms with Gasteiger partial charge in [-0.15, -0.1) is 5.10 Å². The van der Waals surface area contributed by atoms with Crippen molar-refractivity contribution in [3.8, 4) is 0 Å². The van der Waals surface area contributed by atoms with Crippen LogP contribution in [0.4, 0.5) is 0 Å². The highest BCUT2D eigenvalue weighted by Crippen LogP contribution is 2.36. The van der Waals surface area contributed by atoms with Gasteiger partial charge in [0.05, 0.1) is 17.3 Å². The van der Waals surface area contributed by atoms with Gasteiger partial charge >= 0.3 is 0 Å². The second-order valence-electron chi connectivity index (χ2n) is 4.44. The number of carbonyl (C=O) groups excluding carboxylic acids is 1. The summed E-state index contributed by atoms with van der Waals surface area (Å²) in [6.45, 7) is 0. The first-order chi connectivity index (χ1) is 9.78. The molecule has 1 aliphatic carbocycles. The number of thioether (sulfide) groups is 1. The van der Waals surface area contributed by atoms with Gasteiger partial charge in [0.1, 0.15) is 0 Å². The molecule has 0 unspecified atom stereocenters. The Morgan fingerprint density at radius 2 is 2.35 bits per heavy atom. The first kappa shape index (κ1) is 13.0. The molecular formula is C11H13N7OS. The average molecular weight is 291 g/mol. The van der Waals surface area contributed by atoms with E-state index >= 15 is 0 Å². The molecule has 0 radical (unpaired) electrons. The van der Waals surface area contributed by atoms with Crippen LogP contribution in [-0.4, -0.2) is 31.1 Å². The molecule has 1 fully saturated rings. The number of nitrogens with one attached hydrogen (secondary N) is 1. The van der Waals surface area contributed by atoms with Crippen LogP contribution in [0, 0.1) is 0 Å². The molecule has 2 aromatic rings. The zero-order valence-electron chi connectivity index (χ0n) is 10.6. The van der Waals surface area contributed by atoms with Crippen LogP contribution < -0.4 is 11.3 Å². The van der Waals surface area contributed by atoms with Crippen LogP contribution in [0.5, 0.6) is 0 Å². The van der Waals surface area contributed by atoms with Crippen molar-refractivity contribution >= 4 is 17.7 Å². The number of rotatable bonds is 5. The normalized spacial score (nSPS) is 14.2. The van der Waals surface area contributed by atoms with Crippen LogP contribution in [0.2, 0.25) is 0 Å². The summed E-state index contributed by atoms with van der Waals surface area (Å²) in [6.07, 6.45) is 3.78. The Bertz CT molecular complexity index is 607. The van der Waals surface area contributed by atoms with Gasteiger partial charge in [-0.2, -0.15) is 0 Å². The topological polar surface area (TPSA) is 112 Å². The van der Waals surface area contributed by atoms with Crippen molar-refractivity contribution in [2.24, 2.45) is 5.84 Å². The SMILES string of the molecule is NNC(=O)c1ccc(CSc2nnnn2C2CC2)nc1. The van der Waals surface area contributed by atoms with E-state index in [1.807, 2.05) is 4.68 Å². The maximum Gasteiger partial charge on any atom is 0.266 e. The molecule has 0 aromatic carbocycles. The second kappa shape index (κ2) is 5.55. The van der Waals surface area contributed by atoms with Gasteiger partial charge < -0.3 is 0 Å². The second-order valence-corrected chi connectivity index (χ2v) is 5.38. The number of hydrogen-bond acceptors (Lipinski definition) is 7. The highest BCUT2D eigenvalue weighted by Gasteiger charge is 2.27. The van der Waals surface area contributed by atoms with Gasteiger partial charge in [-0.05, 0) is 35.4 Å². The van der Waals surface area contributed by atoms with Crippen molar-refractivity contribution in [3.05, 3.63) is 29.6 Å². The Labute approximate surface area is 119 Å². The summed E-state index contributed by atoms with van der Waals surface area (Å²) in [6, 6.07) is 3.94. The van der Waals surface area contributed by atoms with Gasteiger partial charge in [0.15, 0.2) is 0 Å². The summed E-state index contributed by atoms with van der Waals surface area (Å²) in [5.74, 6) is 5.36. The minimum atomic E-state index is -0.352. The number of tetrazole rings is 1. The molecule has 8 nitrogen and oxygen atoms in total. The fraction of sp³-hybridized carbons (Fsp3) is 0.364. The Morgan fingerprint density at radius 3 is 3.00 bits per heavy atom. The number of nitrogens with two attached hydrogens (primary N) is 1. The van der Waals surface area contributed by atoms with Crippen molar-refractivity contribution in [3.63, 3.8) is 0 Å². The van der Waals surface area contributed by atoms with Crippen LogP contribution in [0.1, 0.15) is 34.9 Å². The van der Waals surface area contributed by atoms with Gasteiger partial charge in [0.2, 0.25) is 5.16 Å². The number of carbonyl (C=O) groups is 1. The van der Waals surface area contributed by atoms with Crippen LogP contribution in [0.3, 0.4) is 0 Å². The first-order valence-corrected chi connectivity index (χ1v) is 7.13. The molecule has 2 aromatic heterocycles. The number of amides is 1. The molecule has 0 spiro atoms. The first-order valence-electron chi connectivity index (χ1n) is 6.14. The molecule has 1 amide bonds. The maximum atomic E-state index is 11.3. The lowest BCUT2D eigenvalue weighted by atomic mass is 10.2. The lowest BCUT2D eigenvalue weighted by molar-refractivity contribution is 0.0953. The summed E-state index contributed by atoms with van der Waals surface area (Å²) < 4.78 is 1.86. The van der Waals surface area contributed by atoms with Crippen LogP contribution >= 0.6 is 11.8 Å². The van der Waals surface area contributed by atoms with E-state index < -0.39 is 0 Å². The largest absolute Gasteiger partial charge is 0.290 e. The van der Waals surface area contributed by atoms with Gasteiger partial charge in [0, 0.05) is 11.9 Å². The van der Waals surface area contributed by atoms with Gasteiger partial charge in [-0.25, -0.2) is 10.5 Å². The van der Waals surface area contributed by atoms with E-state index in [1.165, 1.54) is 18.0 Å². The zero-order valence-corrected chi connectivity index (χ0v) is 11.4. The summed E-state index contributed by atoms with van der Waals surface area (Å²) in [5, 5.41) is 12.5. The Balaban J connectivity index is 1.63. The Hall–Kier alpha value is -2.00. The summed E-state index contributed by atoms with van der Waals surface area (Å²) in [7, 11) is 0. The number of nitrogen functional groups attached to an aromatic ring is 1. The van der Waals surface area contributed by atoms with Crippen molar-refractivity contribution in [2.75, 3.05) is 0 Å². The van der Waals surface area contributed by atoms with Crippen molar-refractivity contribution in [1.82, 2.24) is 30.6 Å². The summed E-state index contributed by atoms with van der Waals surface area (Å²) >= 11 is 1.53. The number of hydrogen-bond donors (Lipinski definition) is 2. The highest BCUT2D eigenvalue weighted by molar-refractivity contribution is 7.98. The Kier molecular flexibility index (Phi) is 3.61. The van der Waals surface area contributed by atoms with Gasteiger partial charge in [-0.1, -0.05) is 11.8 Å². The van der Waals surface area contributed by atoms with E-state index in [1.54, 1.807) is 12.1 Å². The van der Waals surface area contributed by atoms with Crippen LogP contribution in [0.15, 0.2) is 23.5 Å². The van der Waals surface area contributed by atoms with Crippen molar-refractivity contribution in [2.45, 2.75) is 29.8 Å². The number of pyridine rings is 1. The molecule has 3 N–H and O–H groups in total. The summed E-state index contributed by atoms with van der Waals surface area (Å²) in [5.41, 5.74) is 3.36. The van der Waals surface area contributed by atoms with E-state index in [-0.39, 0.29) is 5.91 Å². The van der Waals surface area contributed by atoms with Crippen LogP contribution in [-0.2, 0) is 5.75 Å². The molecule has 0 aliphatic heterocycles. The molecular weight excluding hydrogens is 278 g/mol. The van der Waals surface area contributed by atoms with Crippen LogP contribution in [0.25, 0.3) is 0 Å². The lowest BCUT2D eigenvalue weighted by Gasteiger charge is -2.03. The molecule has 3 rings (SSSR count). The summed E-state index contributed by atoms with van der Waals surface area (Å²) in [4.78, 5) is 15.5.